The Bertz CT molecular complexity index is 1180. The van der Waals surface area contributed by atoms with Gasteiger partial charge in [-0.2, -0.15) is 0 Å². The molecule has 3 rings (SSSR count). The van der Waals surface area contributed by atoms with Gasteiger partial charge in [0, 0.05) is 30.8 Å². The van der Waals surface area contributed by atoms with Gasteiger partial charge < -0.3 is 14.4 Å². The minimum Gasteiger partial charge on any atom is -0.493 e. The topological polar surface area (TPSA) is 51.1 Å². The minimum absolute atomic E-state index is 0. The molecule has 44 heavy (non-hydrogen) atoms. The summed E-state index contributed by atoms with van der Waals surface area (Å²) in [6.45, 7) is 10.3. The number of dihydropyridines is 1. The number of anilines is 1. The average molecular weight is 670 g/mol. The molecule has 0 aromatic heterocycles. The molecule has 5 nitrogen and oxygen atoms in total. The highest BCUT2D eigenvalue weighted by Gasteiger charge is 2.28. The van der Waals surface area contributed by atoms with Gasteiger partial charge in [-0.3, -0.25) is 9.79 Å². The van der Waals surface area contributed by atoms with Crippen LogP contribution in [0.2, 0.25) is 0 Å². The number of unbranched alkanes of at least 4 members (excludes halogenated alkanes) is 11. The quantitative estimate of drug-likeness (QED) is 0.132. The molecule has 0 aliphatic carbocycles. The van der Waals surface area contributed by atoms with Crippen LogP contribution in [0.1, 0.15) is 116 Å². The molecule has 1 amide bonds. The number of methoxy groups -OCH3 is 1. The monoisotopic (exact) mass is 668 g/mol. The Hall–Kier alpha value is -2.60. The summed E-state index contributed by atoms with van der Waals surface area (Å²) in [5, 5.41) is 0. The maximum absolute atomic E-state index is 12.7. The molecule has 6 heteroatoms. The Morgan fingerprint density at radius 3 is 2.02 bits per heavy atom. The molecule has 2 aromatic rings. The predicted octanol–water partition coefficient (Wildman–Crippen LogP) is 10.5. The summed E-state index contributed by atoms with van der Waals surface area (Å²) in [5.41, 5.74) is 4.52. The standard InChI is InChI=1S/C38H56N2O3.BrH/c1-6-7-8-9-10-11-12-13-14-15-16-17-26-43-36-23-20-34(27-37(36)42-5)29-40(32(3)41)35-21-18-33(19-22-35)28-38(4)30-39-25-24-31(38)2;/h18-25,27H,6-17,26,28-30H2,1-5H3;1H. The smallest absolute Gasteiger partial charge is 0.224 e. The van der Waals surface area contributed by atoms with Crippen molar-refractivity contribution in [2.75, 3.05) is 25.2 Å². The van der Waals surface area contributed by atoms with Crippen molar-refractivity contribution in [1.82, 2.24) is 0 Å². The number of hydrogen-bond acceptors (Lipinski definition) is 4. The lowest BCUT2D eigenvalue weighted by Gasteiger charge is -2.31. The van der Waals surface area contributed by atoms with E-state index in [2.05, 4.69) is 56.1 Å². The van der Waals surface area contributed by atoms with Crippen molar-refractivity contribution in [3.05, 3.63) is 65.2 Å². The number of carbonyl (C=O) groups excluding carboxylic acids is 1. The SMILES string of the molecule is Br.CCCCCCCCCCCCCCOc1ccc(CN(C(C)=O)c2ccc(CC3(C)CN=CC=C3C)cc2)cc1OC. The number of benzene rings is 2. The highest BCUT2D eigenvalue weighted by molar-refractivity contribution is 8.93. The van der Waals surface area contributed by atoms with Gasteiger partial charge >= 0.3 is 0 Å². The molecule has 2 aromatic carbocycles. The van der Waals surface area contributed by atoms with E-state index >= 15 is 0 Å². The van der Waals surface area contributed by atoms with E-state index in [4.69, 9.17) is 9.47 Å². The van der Waals surface area contributed by atoms with E-state index < -0.39 is 0 Å². The molecule has 1 aliphatic heterocycles. The number of ether oxygens (including phenoxy) is 2. The third-order valence-corrected chi connectivity index (χ3v) is 8.87. The van der Waals surface area contributed by atoms with Gasteiger partial charge in [-0.15, -0.1) is 17.0 Å². The first-order valence-corrected chi connectivity index (χ1v) is 16.7. The summed E-state index contributed by atoms with van der Waals surface area (Å²) in [4.78, 5) is 19.0. The lowest BCUT2D eigenvalue weighted by atomic mass is 9.76. The van der Waals surface area contributed by atoms with Gasteiger partial charge in [0.15, 0.2) is 11.5 Å². The Labute approximate surface area is 278 Å². The highest BCUT2D eigenvalue weighted by Crippen LogP contribution is 2.34. The normalized spacial score (nSPS) is 15.8. The fourth-order valence-corrected chi connectivity index (χ4v) is 5.81. The number of carbonyl (C=O) groups is 1. The Kier molecular flexibility index (Phi) is 17.5. The zero-order chi connectivity index (χ0) is 30.9. The summed E-state index contributed by atoms with van der Waals surface area (Å²) in [6.07, 6.45) is 20.9. The fraction of sp³-hybridized carbons (Fsp3) is 0.579. The van der Waals surface area contributed by atoms with E-state index in [0.717, 1.165) is 36.4 Å². The molecular weight excluding hydrogens is 612 g/mol. The molecule has 1 unspecified atom stereocenters. The molecule has 0 N–H and O–H groups in total. The third-order valence-electron chi connectivity index (χ3n) is 8.87. The number of allylic oxidation sites excluding steroid dienone is 1. The first kappa shape index (κ1) is 37.6. The fourth-order valence-electron chi connectivity index (χ4n) is 5.81. The first-order chi connectivity index (χ1) is 20.9. The maximum atomic E-state index is 12.7. The van der Waals surface area contributed by atoms with Crippen LogP contribution in [0, 0.1) is 5.41 Å². The first-order valence-electron chi connectivity index (χ1n) is 16.7. The van der Waals surface area contributed by atoms with Crippen LogP contribution in [-0.4, -0.2) is 32.4 Å². The molecule has 0 saturated carbocycles. The van der Waals surface area contributed by atoms with Gasteiger partial charge in [0.25, 0.3) is 0 Å². The molecule has 0 fully saturated rings. The molecule has 0 saturated heterocycles. The van der Waals surface area contributed by atoms with Crippen molar-refractivity contribution in [2.45, 2.75) is 118 Å². The van der Waals surface area contributed by atoms with Crippen LogP contribution < -0.4 is 14.4 Å². The van der Waals surface area contributed by atoms with Crippen LogP contribution in [-0.2, 0) is 17.8 Å². The Morgan fingerprint density at radius 1 is 0.864 bits per heavy atom. The van der Waals surface area contributed by atoms with Crippen LogP contribution in [0.4, 0.5) is 5.69 Å². The van der Waals surface area contributed by atoms with Crippen molar-refractivity contribution in [2.24, 2.45) is 10.4 Å². The van der Waals surface area contributed by atoms with E-state index in [0.29, 0.717) is 18.9 Å². The number of rotatable bonds is 20. The van der Waals surface area contributed by atoms with Crippen LogP contribution in [0.3, 0.4) is 0 Å². The maximum Gasteiger partial charge on any atom is 0.224 e. The van der Waals surface area contributed by atoms with Crippen molar-refractivity contribution in [1.29, 1.82) is 0 Å². The summed E-state index contributed by atoms with van der Waals surface area (Å²) in [7, 11) is 1.67. The van der Waals surface area contributed by atoms with Crippen LogP contribution >= 0.6 is 17.0 Å². The molecule has 244 valence electrons. The van der Waals surface area contributed by atoms with Crippen molar-refractivity contribution in [3.63, 3.8) is 0 Å². The van der Waals surface area contributed by atoms with Gasteiger partial charge in [-0.05, 0) is 61.2 Å². The van der Waals surface area contributed by atoms with Gasteiger partial charge in [0.1, 0.15) is 0 Å². The van der Waals surface area contributed by atoms with Gasteiger partial charge in [0.2, 0.25) is 5.91 Å². The summed E-state index contributed by atoms with van der Waals surface area (Å²) < 4.78 is 11.7. The van der Waals surface area contributed by atoms with E-state index in [1.165, 1.54) is 81.8 Å². The number of amides is 1. The van der Waals surface area contributed by atoms with Crippen molar-refractivity contribution in [3.8, 4) is 11.5 Å². The summed E-state index contributed by atoms with van der Waals surface area (Å²) in [5.74, 6) is 1.48. The van der Waals surface area contributed by atoms with E-state index in [1.807, 2.05) is 29.3 Å². The van der Waals surface area contributed by atoms with Crippen molar-refractivity contribution >= 4 is 34.8 Å². The van der Waals surface area contributed by atoms with Crippen molar-refractivity contribution < 1.29 is 14.3 Å². The molecule has 0 bridgehead atoms. The zero-order valence-corrected chi connectivity index (χ0v) is 29.8. The zero-order valence-electron chi connectivity index (χ0n) is 28.0. The third kappa shape index (κ3) is 12.4. The Morgan fingerprint density at radius 2 is 1.45 bits per heavy atom. The van der Waals surface area contributed by atoms with Crippen LogP contribution in [0.25, 0.3) is 0 Å². The Balaban J connectivity index is 0.00000675. The predicted molar refractivity (Wildman–Crippen MR) is 192 cm³/mol. The lowest BCUT2D eigenvalue weighted by Crippen LogP contribution is -2.28. The van der Waals surface area contributed by atoms with Gasteiger partial charge in [-0.1, -0.05) is 108 Å². The van der Waals surface area contributed by atoms with Gasteiger partial charge in [-0.25, -0.2) is 0 Å². The molecule has 1 atom stereocenters. The highest BCUT2D eigenvalue weighted by atomic mass is 79.9. The summed E-state index contributed by atoms with van der Waals surface area (Å²) in [6, 6.07) is 14.4. The molecular formula is C38H57BrN2O3. The van der Waals surface area contributed by atoms with E-state index in [-0.39, 0.29) is 28.3 Å². The second-order valence-corrected chi connectivity index (χ2v) is 12.6. The number of halogens is 1. The number of nitrogens with zero attached hydrogens (tertiary/aromatic N) is 2. The van der Waals surface area contributed by atoms with Crippen LogP contribution in [0.15, 0.2) is 59.1 Å². The molecule has 0 spiro atoms. The lowest BCUT2D eigenvalue weighted by molar-refractivity contribution is -0.116. The number of hydrogen-bond donors (Lipinski definition) is 0. The molecule has 1 aliphatic rings. The largest absolute Gasteiger partial charge is 0.493 e. The van der Waals surface area contributed by atoms with Crippen LogP contribution in [0.5, 0.6) is 11.5 Å². The number of aliphatic imine (C=N–C) groups is 1. The van der Waals surface area contributed by atoms with E-state index in [9.17, 15) is 4.79 Å². The molecule has 1 heterocycles. The molecule has 0 radical (unpaired) electrons. The average Bonchev–Trinajstić information content (AvgIpc) is 3.00. The minimum atomic E-state index is 0. The van der Waals surface area contributed by atoms with E-state index in [1.54, 1.807) is 14.0 Å². The summed E-state index contributed by atoms with van der Waals surface area (Å²) >= 11 is 0. The van der Waals surface area contributed by atoms with Gasteiger partial charge in [0.05, 0.1) is 20.3 Å². The second kappa shape index (κ2) is 20.4. The second-order valence-electron chi connectivity index (χ2n) is 12.6.